The van der Waals surface area contributed by atoms with Gasteiger partial charge in [0.2, 0.25) is 0 Å². The normalized spacial score (nSPS) is 10.9. The van der Waals surface area contributed by atoms with E-state index in [1.165, 1.54) is 9.08 Å². The van der Waals surface area contributed by atoms with Gasteiger partial charge in [-0.2, -0.15) is 0 Å². The van der Waals surface area contributed by atoms with Crippen molar-refractivity contribution in [3.63, 3.8) is 0 Å². The lowest BCUT2D eigenvalue weighted by atomic mass is 10.5. The predicted octanol–water partition coefficient (Wildman–Crippen LogP) is 0.856. The highest BCUT2D eigenvalue weighted by atomic mass is 19.1. The molecule has 0 bridgehead atoms. The van der Waals surface area contributed by atoms with Crippen LogP contribution in [-0.2, 0) is 6.54 Å². The lowest BCUT2D eigenvalue weighted by Gasteiger charge is -1.92. The van der Waals surface area contributed by atoms with E-state index in [2.05, 4.69) is 5.10 Å². The number of pyridine rings is 1. The maximum atomic E-state index is 11.9. The highest BCUT2D eigenvalue weighted by molar-refractivity contribution is 5.35. The van der Waals surface area contributed by atoms with Crippen LogP contribution >= 0.6 is 0 Å². The Balaban J connectivity index is 2.47. The number of aryl methyl sites for hydroxylation is 1. The first-order valence-corrected chi connectivity index (χ1v) is 4.43. The third kappa shape index (κ3) is 1.41. The molecule has 0 saturated heterocycles. The molecule has 0 atom stereocenters. The summed E-state index contributed by atoms with van der Waals surface area (Å²) in [6.45, 7) is -0.0999. The molecule has 14 heavy (non-hydrogen) atoms. The first kappa shape index (κ1) is 8.93. The van der Waals surface area contributed by atoms with Gasteiger partial charge in [-0.3, -0.25) is 8.79 Å². The van der Waals surface area contributed by atoms with E-state index in [0.29, 0.717) is 18.6 Å². The van der Waals surface area contributed by atoms with Crippen molar-refractivity contribution in [2.24, 2.45) is 0 Å². The summed E-state index contributed by atoms with van der Waals surface area (Å²) in [6, 6.07) is 5.31. The molecule has 74 valence electrons. The average molecular weight is 195 g/mol. The summed E-state index contributed by atoms with van der Waals surface area (Å²) in [6.07, 6.45) is 1.97. The van der Waals surface area contributed by atoms with E-state index < -0.39 is 6.67 Å². The van der Waals surface area contributed by atoms with Gasteiger partial charge in [0.1, 0.15) is 0 Å². The maximum absolute atomic E-state index is 11.9. The Morgan fingerprint density at radius 3 is 3.00 bits per heavy atom. The molecule has 0 aliphatic carbocycles. The third-order valence-corrected chi connectivity index (χ3v) is 1.99. The quantitative estimate of drug-likeness (QED) is 0.728. The van der Waals surface area contributed by atoms with Gasteiger partial charge in [-0.05, 0) is 18.6 Å². The molecule has 2 heterocycles. The number of hydrogen-bond donors (Lipinski definition) is 0. The van der Waals surface area contributed by atoms with Gasteiger partial charge in [0.15, 0.2) is 5.65 Å². The minimum absolute atomic E-state index is 0.214. The first-order valence-electron chi connectivity index (χ1n) is 4.43. The molecule has 2 rings (SSSR count). The van der Waals surface area contributed by atoms with E-state index in [1.807, 2.05) is 0 Å². The van der Waals surface area contributed by atoms with Crippen molar-refractivity contribution in [1.29, 1.82) is 0 Å². The molecule has 0 spiro atoms. The zero-order valence-electron chi connectivity index (χ0n) is 7.56. The van der Waals surface area contributed by atoms with Crippen LogP contribution in [0.5, 0.6) is 0 Å². The van der Waals surface area contributed by atoms with E-state index >= 15 is 0 Å². The van der Waals surface area contributed by atoms with Crippen molar-refractivity contribution in [2.45, 2.75) is 13.0 Å². The number of halogens is 1. The van der Waals surface area contributed by atoms with Crippen LogP contribution in [0.3, 0.4) is 0 Å². The van der Waals surface area contributed by atoms with Gasteiger partial charge < -0.3 is 0 Å². The SMILES string of the molecule is O=c1n(CCCF)nc2ccccn12. The summed E-state index contributed by atoms with van der Waals surface area (Å²) < 4.78 is 14.6. The second kappa shape index (κ2) is 3.61. The Morgan fingerprint density at radius 2 is 2.29 bits per heavy atom. The fraction of sp³-hybridized carbons (Fsp3) is 0.333. The fourth-order valence-electron chi connectivity index (χ4n) is 1.32. The number of aromatic nitrogens is 3. The van der Waals surface area contributed by atoms with Crippen LogP contribution in [0.2, 0.25) is 0 Å². The van der Waals surface area contributed by atoms with Crippen molar-refractivity contribution in [2.75, 3.05) is 6.67 Å². The van der Waals surface area contributed by atoms with Crippen molar-refractivity contribution in [1.82, 2.24) is 14.2 Å². The maximum Gasteiger partial charge on any atom is 0.350 e. The molecule has 0 N–H and O–H groups in total. The van der Waals surface area contributed by atoms with Gasteiger partial charge in [0, 0.05) is 12.7 Å². The molecule has 0 amide bonds. The molecule has 4 nitrogen and oxygen atoms in total. The molecule has 0 unspecified atom stereocenters. The summed E-state index contributed by atoms with van der Waals surface area (Å²) in [7, 11) is 0. The molecule has 2 aromatic heterocycles. The number of rotatable bonds is 3. The third-order valence-electron chi connectivity index (χ3n) is 1.99. The summed E-state index contributed by atoms with van der Waals surface area (Å²) >= 11 is 0. The lowest BCUT2D eigenvalue weighted by molar-refractivity contribution is 0.430. The largest absolute Gasteiger partial charge is 0.350 e. The first-order chi connectivity index (χ1) is 6.83. The van der Waals surface area contributed by atoms with Crippen LogP contribution in [0.15, 0.2) is 29.2 Å². The second-order valence-corrected chi connectivity index (χ2v) is 2.98. The van der Waals surface area contributed by atoms with E-state index in [9.17, 15) is 9.18 Å². The van der Waals surface area contributed by atoms with Crippen LogP contribution < -0.4 is 5.69 Å². The summed E-state index contributed by atoms with van der Waals surface area (Å²) in [5, 5.41) is 4.05. The predicted molar refractivity (Wildman–Crippen MR) is 50.0 cm³/mol. The summed E-state index contributed by atoms with van der Waals surface area (Å²) in [5.74, 6) is 0. The monoisotopic (exact) mass is 195 g/mol. The van der Waals surface area contributed by atoms with Crippen LogP contribution in [0.4, 0.5) is 4.39 Å². The van der Waals surface area contributed by atoms with Gasteiger partial charge in [0.05, 0.1) is 6.67 Å². The fourth-order valence-corrected chi connectivity index (χ4v) is 1.32. The van der Waals surface area contributed by atoms with Gasteiger partial charge in [-0.1, -0.05) is 6.07 Å². The van der Waals surface area contributed by atoms with Crippen molar-refractivity contribution in [3.8, 4) is 0 Å². The zero-order valence-corrected chi connectivity index (χ0v) is 7.56. The van der Waals surface area contributed by atoms with Crippen molar-refractivity contribution >= 4 is 5.65 Å². The van der Waals surface area contributed by atoms with Crippen LogP contribution in [0.25, 0.3) is 5.65 Å². The molecule has 0 aromatic carbocycles. The minimum atomic E-state index is -0.430. The van der Waals surface area contributed by atoms with Crippen LogP contribution in [0.1, 0.15) is 6.42 Å². The van der Waals surface area contributed by atoms with Crippen molar-refractivity contribution < 1.29 is 4.39 Å². The Kier molecular flexibility index (Phi) is 2.30. The van der Waals surface area contributed by atoms with Crippen LogP contribution in [-0.4, -0.2) is 20.9 Å². The molecule has 0 radical (unpaired) electrons. The minimum Gasteiger partial charge on any atom is -0.251 e. The molecular weight excluding hydrogens is 185 g/mol. The summed E-state index contributed by atoms with van der Waals surface area (Å²) in [4.78, 5) is 11.6. The molecule has 0 aliphatic heterocycles. The molecule has 5 heteroatoms. The average Bonchev–Trinajstić information content (AvgIpc) is 2.54. The molecular formula is C9H10FN3O. The molecule has 0 fully saturated rings. The standard InChI is InChI=1S/C9H10FN3O/c10-5-3-7-13-9(14)12-6-2-1-4-8(12)11-13/h1-2,4,6H,3,5,7H2. The van der Waals surface area contributed by atoms with Crippen molar-refractivity contribution in [3.05, 3.63) is 34.9 Å². The summed E-state index contributed by atoms with van der Waals surface area (Å²) in [5.41, 5.74) is 0.380. The van der Waals surface area contributed by atoms with Gasteiger partial charge in [-0.25, -0.2) is 9.48 Å². The van der Waals surface area contributed by atoms with E-state index in [4.69, 9.17) is 0 Å². The molecule has 0 aliphatic rings. The van der Waals surface area contributed by atoms with Gasteiger partial charge >= 0.3 is 5.69 Å². The van der Waals surface area contributed by atoms with Gasteiger partial charge in [0.25, 0.3) is 0 Å². The number of alkyl halides is 1. The highest BCUT2D eigenvalue weighted by Crippen LogP contribution is 1.95. The van der Waals surface area contributed by atoms with E-state index in [1.54, 1.807) is 24.4 Å². The zero-order chi connectivity index (χ0) is 9.97. The Labute approximate surface area is 79.6 Å². The molecule has 0 saturated carbocycles. The number of hydrogen-bond acceptors (Lipinski definition) is 2. The van der Waals surface area contributed by atoms with Crippen LogP contribution in [0, 0.1) is 0 Å². The Hall–Kier alpha value is -1.65. The second-order valence-electron chi connectivity index (χ2n) is 2.98. The van der Waals surface area contributed by atoms with E-state index in [0.717, 1.165) is 0 Å². The highest BCUT2D eigenvalue weighted by Gasteiger charge is 2.04. The van der Waals surface area contributed by atoms with Gasteiger partial charge in [-0.15, -0.1) is 5.10 Å². The number of fused-ring (bicyclic) bond motifs is 1. The lowest BCUT2D eigenvalue weighted by Crippen LogP contribution is -2.21. The van der Waals surface area contributed by atoms with E-state index in [-0.39, 0.29) is 5.69 Å². The smallest absolute Gasteiger partial charge is 0.251 e. The Morgan fingerprint density at radius 1 is 1.43 bits per heavy atom. The Bertz CT molecular complexity index is 488. The molecule has 2 aromatic rings. The topological polar surface area (TPSA) is 39.3 Å². The number of nitrogens with zero attached hydrogens (tertiary/aromatic N) is 3.